The molecule has 0 aromatic heterocycles. The first-order valence-electron chi connectivity index (χ1n) is 14.6. The van der Waals surface area contributed by atoms with Gasteiger partial charge in [0, 0.05) is 47.9 Å². The van der Waals surface area contributed by atoms with Crippen LogP contribution in [0.3, 0.4) is 0 Å². The third-order valence-electron chi connectivity index (χ3n) is 6.98. The van der Waals surface area contributed by atoms with Crippen LogP contribution < -0.4 is 21.1 Å². The SMILES string of the molecule is CCCN(CCC)C(=O)c1cc(C(N)=O)cc(C(=O)NC(Cc2cc(F)cc(Cl)c2)[C@H](O)CNCc2cccc(OC)c2)c1. The van der Waals surface area contributed by atoms with Gasteiger partial charge in [0.1, 0.15) is 11.6 Å². The van der Waals surface area contributed by atoms with Crippen LogP contribution in [0.25, 0.3) is 0 Å². The molecule has 3 aromatic rings. The van der Waals surface area contributed by atoms with Crippen LogP contribution >= 0.6 is 11.6 Å². The Labute approximate surface area is 262 Å². The smallest absolute Gasteiger partial charge is 0.253 e. The number of primary amides is 1. The minimum atomic E-state index is -1.11. The van der Waals surface area contributed by atoms with E-state index < -0.39 is 29.8 Å². The Kier molecular flexibility index (Phi) is 13.1. The van der Waals surface area contributed by atoms with Crippen molar-refractivity contribution in [3.63, 3.8) is 0 Å². The number of amides is 3. The van der Waals surface area contributed by atoms with Crippen LogP contribution in [0.1, 0.15) is 68.9 Å². The van der Waals surface area contributed by atoms with Crippen LogP contribution in [0.15, 0.2) is 60.7 Å². The van der Waals surface area contributed by atoms with Gasteiger partial charge < -0.3 is 31.1 Å². The highest BCUT2D eigenvalue weighted by atomic mass is 35.5. The van der Waals surface area contributed by atoms with E-state index in [-0.39, 0.29) is 40.6 Å². The number of rotatable bonds is 16. The maximum Gasteiger partial charge on any atom is 0.253 e. The van der Waals surface area contributed by atoms with Crippen LogP contribution in [0.5, 0.6) is 5.75 Å². The highest BCUT2D eigenvalue weighted by Gasteiger charge is 2.25. The summed E-state index contributed by atoms with van der Waals surface area (Å²) in [7, 11) is 1.58. The predicted molar refractivity (Wildman–Crippen MR) is 169 cm³/mol. The average Bonchev–Trinajstić information content (AvgIpc) is 2.99. The lowest BCUT2D eigenvalue weighted by molar-refractivity contribution is 0.0755. The van der Waals surface area contributed by atoms with E-state index in [1.807, 2.05) is 38.1 Å². The molecule has 0 aliphatic rings. The monoisotopic (exact) mass is 626 g/mol. The summed E-state index contributed by atoms with van der Waals surface area (Å²) in [4.78, 5) is 40.7. The first-order valence-corrected chi connectivity index (χ1v) is 14.9. The number of aliphatic hydroxyl groups excluding tert-OH is 1. The number of methoxy groups -OCH3 is 1. The molecule has 0 radical (unpaired) electrons. The minimum Gasteiger partial charge on any atom is -0.497 e. The molecular weight excluding hydrogens is 587 g/mol. The lowest BCUT2D eigenvalue weighted by Gasteiger charge is -2.25. The molecule has 0 spiro atoms. The lowest BCUT2D eigenvalue weighted by Crippen LogP contribution is -2.48. The topological polar surface area (TPSA) is 134 Å². The van der Waals surface area contributed by atoms with Crippen molar-refractivity contribution in [1.29, 1.82) is 0 Å². The molecule has 0 fully saturated rings. The third kappa shape index (κ3) is 10.0. The highest BCUT2D eigenvalue weighted by Crippen LogP contribution is 2.19. The maximum absolute atomic E-state index is 14.1. The fourth-order valence-electron chi connectivity index (χ4n) is 4.87. The van der Waals surface area contributed by atoms with Gasteiger partial charge in [-0.3, -0.25) is 14.4 Å². The van der Waals surface area contributed by atoms with E-state index in [9.17, 15) is 23.9 Å². The van der Waals surface area contributed by atoms with Crippen molar-refractivity contribution < 1.29 is 28.6 Å². The summed E-state index contributed by atoms with van der Waals surface area (Å²) in [6, 6.07) is 14.6. The van der Waals surface area contributed by atoms with Crippen molar-refractivity contribution in [3.05, 3.63) is 99.3 Å². The number of hydrogen-bond acceptors (Lipinski definition) is 6. The summed E-state index contributed by atoms with van der Waals surface area (Å²) in [6.07, 6.45) is 0.415. The molecule has 3 amide bonds. The fourth-order valence-corrected chi connectivity index (χ4v) is 5.11. The van der Waals surface area contributed by atoms with Crippen LogP contribution in [-0.4, -0.2) is 66.6 Å². The van der Waals surface area contributed by atoms with Gasteiger partial charge >= 0.3 is 0 Å². The second-order valence-electron chi connectivity index (χ2n) is 10.6. The number of hydrogen-bond donors (Lipinski definition) is 4. The van der Waals surface area contributed by atoms with Crippen molar-refractivity contribution in [2.24, 2.45) is 5.73 Å². The Morgan fingerprint density at radius 1 is 0.977 bits per heavy atom. The molecule has 3 rings (SSSR count). The zero-order chi connectivity index (χ0) is 32.2. The van der Waals surface area contributed by atoms with Crippen LogP contribution in [0, 0.1) is 5.82 Å². The number of halogens is 2. The molecule has 0 bridgehead atoms. The standard InChI is InChI=1S/C33H40ClFN4O5/c1-4-9-39(10-5-2)33(43)25-16-23(31(36)41)15-24(17-25)32(42)38-29(14-22-11-26(34)18-27(35)12-22)30(40)20-37-19-21-7-6-8-28(13-21)44-3/h6-8,11-13,15-18,29-30,37,40H,4-5,9-10,14,19-20H2,1-3H3,(H2,36,41)(H,38,42)/t29?,30-/m1/s1. The highest BCUT2D eigenvalue weighted by molar-refractivity contribution is 6.30. The van der Waals surface area contributed by atoms with E-state index in [0.717, 1.165) is 18.4 Å². The Bertz CT molecular complexity index is 1430. The molecule has 0 heterocycles. The largest absolute Gasteiger partial charge is 0.497 e. The quantitative estimate of drug-likeness (QED) is 0.187. The number of nitrogens with one attached hydrogen (secondary N) is 2. The Morgan fingerprint density at radius 3 is 2.30 bits per heavy atom. The van der Waals surface area contributed by atoms with Gasteiger partial charge in [0.25, 0.3) is 11.8 Å². The Balaban J connectivity index is 1.87. The number of benzene rings is 3. The summed E-state index contributed by atoms with van der Waals surface area (Å²) in [5, 5.41) is 17.4. The van der Waals surface area contributed by atoms with Crippen molar-refractivity contribution in [2.45, 2.75) is 51.8 Å². The van der Waals surface area contributed by atoms with E-state index in [4.69, 9.17) is 22.1 Å². The summed E-state index contributed by atoms with van der Waals surface area (Å²) < 4.78 is 19.4. The van der Waals surface area contributed by atoms with Crippen LogP contribution in [0.4, 0.5) is 4.39 Å². The first kappa shape index (κ1) is 34.5. The second kappa shape index (κ2) is 16.7. The van der Waals surface area contributed by atoms with Gasteiger partial charge in [-0.15, -0.1) is 0 Å². The van der Waals surface area contributed by atoms with Gasteiger partial charge in [-0.25, -0.2) is 4.39 Å². The number of aliphatic hydroxyl groups is 1. The number of ether oxygens (including phenoxy) is 1. The first-order chi connectivity index (χ1) is 21.0. The molecule has 44 heavy (non-hydrogen) atoms. The summed E-state index contributed by atoms with van der Waals surface area (Å²) in [5.41, 5.74) is 7.12. The molecule has 1 unspecified atom stereocenters. The van der Waals surface area contributed by atoms with E-state index in [0.29, 0.717) is 30.9 Å². The number of carbonyl (C=O) groups excluding carboxylic acids is 3. The van der Waals surface area contributed by atoms with Crippen molar-refractivity contribution in [3.8, 4) is 5.75 Å². The van der Waals surface area contributed by atoms with Gasteiger partial charge in [0.2, 0.25) is 5.91 Å². The molecular formula is C33H40ClFN4O5. The Morgan fingerprint density at radius 2 is 1.66 bits per heavy atom. The van der Waals surface area contributed by atoms with Crippen molar-refractivity contribution >= 4 is 29.3 Å². The molecule has 236 valence electrons. The second-order valence-corrected chi connectivity index (χ2v) is 11.0. The van der Waals surface area contributed by atoms with E-state index in [1.54, 1.807) is 18.1 Å². The average molecular weight is 627 g/mol. The number of nitrogens with two attached hydrogens (primary N) is 1. The minimum absolute atomic E-state index is 0.00270. The molecule has 0 aliphatic heterocycles. The molecule has 3 aromatic carbocycles. The van der Waals surface area contributed by atoms with Gasteiger partial charge in [0.05, 0.1) is 19.3 Å². The molecule has 5 N–H and O–H groups in total. The maximum atomic E-state index is 14.1. The number of nitrogens with zero attached hydrogens (tertiary/aromatic N) is 1. The van der Waals surface area contributed by atoms with Crippen LogP contribution in [-0.2, 0) is 13.0 Å². The lowest BCUT2D eigenvalue weighted by atomic mass is 9.99. The van der Waals surface area contributed by atoms with Gasteiger partial charge in [-0.1, -0.05) is 37.6 Å². The predicted octanol–water partition coefficient (Wildman–Crippen LogP) is 4.34. The molecule has 11 heteroatoms. The van der Waals surface area contributed by atoms with Gasteiger partial charge in [-0.2, -0.15) is 0 Å². The van der Waals surface area contributed by atoms with Gasteiger partial charge in [-0.05, 0) is 78.9 Å². The Hall–Kier alpha value is -3.99. The molecule has 2 atom stereocenters. The van der Waals surface area contributed by atoms with E-state index in [1.165, 1.54) is 30.3 Å². The summed E-state index contributed by atoms with van der Waals surface area (Å²) in [5.74, 6) is -1.61. The summed E-state index contributed by atoms with van der Waals surface area (Å²) in [6.45, 7) is 5.44. The van der Waals surface area contributed by atoms with Crippen LogP contribution in [0.2, 0.25) is 5.02 Å². The molecule has 0 saturated carbocycles. The van der Waals surface area contributed by atoms with Gasteiger partial charge in [0.15, 0.2) is 0 Å². The molecule has 0 aliphatic carbocycles. The zero-order valence-electron chi connectivity index (χ0n) is 25.2. The molecule has 9 nitrogen and oxygen atoms in total. The van der Waals surface area contributed by atoms with Crippen molar-refractivity contribution in [1.82, 2.24) is 15.5 Å². The zero-order valence-corrected chi connectivity index (χ0v) is 26.0. The molecule has 0 saturated heterocycles. The summed E-state index contributed by atoms with van der Waals surface area (Å²) >= 11 is 6.06. The van der Waals surface area contributed by atoms with E-state index in [2.05, 4.69) is 10.6 Å². The fraction of sp³-hybridized carbons (Fsp3) is 0.364. The third-order valence-corrected chi connectivity index (χ3v) is 7.19. The normalized spacial score (nSPS) is 12.3. The number of carbonyl (C=O) groups is 3. The van der Waals surface area contributed by atoms with Crippen molar-refractivity contribution in [2.75, 3.05) is 26.7 Å². The van der Waals surface area contributed by atoms with E-state index >= 15 is 0 Å².